The van der Waals surface area contributed by atoms with Gasteiger partial charge in [0.15, 0.2) is 0 Å². The van der Waals surface area contributed by atoms with Gasteiger partial charge in [-0.05, 0) is 57.5 Å². The van der Waals surface area contributed by atoms with Gasteiger partial charge in [0.1, 0.15) is 5.69 Å². The highest BCUT2D eigenvalue weighted by Gasteiger charge is 2.17. The van der Waals surface area contributed by atoms with Gasteiger partial charge in [-0.2, -0.15) is 5.10 Å². The third kappa shape index (κ3) is 4.87. The van der Waals surface area contributed by atoms with Crippen LogP contribution in [0.4, 0.5) is 0 Å². The van der Waals surface area contributed by atoms with Gasteiger partial charge in [0.2, 0.25) is 0 Å². The van der Waals surface area contributed by atoms with Crippen LogP contribution >= 0.6 is 0 Å². The predicted octanol–water partition coefficient (Wildman–Crippen LogP) is 4.02. The van der Waals surface area contributed by atoms with Crippen LogP contribution in [0.2, 0.25) is 0 Å². The maximum Gasteiger partial charge on any atom is 0.252 e. The van der Waals surface area contributed by atoms with E-state index >= 15 is 0 Å². The quantitative estimate of drug-likeness (QED) is 0.673. The van der Waals surface area contributed by atoms with Crippen LogP contribution in [0.5, 0.6) is 0 Å². The molecule has 1 aliphatic rings. The van der Waals surface area contributed by atoms with Gasteiger partial charge in [0.05, 0.1) is 16.8 Å². The van der Waals surface area contributed by atoms with Gasteiger partial charge in [-0.3, -0.25) is 9.48 Å². The second-order valence-corrected chi connectivity index (χ2v) is 8.37. The molecule has 1 aliphatic heterocycles. The summed E-state index contributed by atoms with van der Waals surface area (Å²) in [7, 11) is 1.88. The Kier molecular flexibility index (Phi) is 6.43. The Hall–Kier alpha value is -2.73. The molecule has 0 saturated carbocycles. The second-order valence-electron chi connectivity index (χ2n) is 8.37. The molecular formula is C24H31N5O. The molecule has 0 spiro atoms. The van der Waals surface area contributed by atoms with Crippen molar-refractivity contribution in [2.24, 2.45) is 7.05 Å². The summed E-state index contributed by atoms with van der Waals surface area (Å²) in [5.74, 6) is -0.0471. The molecule has 2 aromatic heterocycles. The van der Waals surface area contributed by atoms with E-state index in [1.54, 1.807) is 4.68 Å². The summed E-state index contributed by atoms with van der Waals surface area (Å²) in [5.41, 5.74) is 2.95. The Labute approximate surface area is 178 Å². The Morgan fingerprint density at radius 3 is 2.60 bits per heavy atom. The third-order valence-electron chi connectivity index (χ3n) is 5.89. The summed E-state index contributed by atoms with van der Waals surface area (Å²) in [4.78, 5) is 20.4. The number of aryl methyl sites for hydroxylation is 1. The average molecular weight is 406 g/mol. The molecule has 6 heteroatoms. The van der Waals surface area contributed by atoms with Crippen molar-refractivity contribution in [2.45, 2.75) is 45.1 Å². The van der Waals surface area contributed by atoms with Crippen molar-refractivity contribution in [3.8, 4) is 11.4 Å². The fourth-order valence-corrected chi connectivity index (χ4v) is 4.16. The minimum Gasteiger partial charge on any atom is -0.350 e. The molecule has 4 rings (SSSR count). The van der Waals surface area contributed by atoms with Crippen LogP contribution in [0.15, 0.2) is 42.6 Å². The zero-order chi connectivity index (χ0) is 20.9. The van der Waals surface area contributed by atoms with E-state index in [4.69, 9.17) is 4.98 Å². The van der Waals surface area contributed by atoms with E-state index in [9.17, 15) is 4.79 Å². The van der Waals surface area contributed by atoms with Crippen LogP contribution in [0.1, 0.15) is 49.4 Å². The lowest BCUT2D eigenvalue weighted by molar-refractivity contribution is 0.0937. The van der Waals surface area contributed by atoms with E-state index in [1.165, 1.54) is 38.8 Å². The number of fused-ring (bicyclic) bond motifs is 1. The summed E-state index contributed by atoms with van der Waals surface area (Å²) in [6.07, 6.45) is 8.12. The molecule has 1 fully saturated rings. The van der Waals surface area contributed by atoms with Gasteiger partial charge in [-0.15, -0.1) is 0 Å². The summed E-state index contributed by atoms with van der Waals surface area (Å²) in [6.45, 7) is 5.50. The molecule has 3 heterocycles. The van der Waals surface area contributed by atoms with Crippen molar-refractivity contribution in [1.29, 1.82) is 0 Å². The van der Waals surface area contributed by atoms with Crippen molar-refractivity contribution >= 4 is 16.8 Å². The molecule has 1 saturated heterocycles. The number of aromatic nitrogens is 3. The zero-order valence-electron chi connectivity index (χ0n) is 18.0. The number of rotatable bonds is 6. The van der Waals surface area contributed by atoms with Crippen LogP contribution < -0.4 is 5.32 Å². The second kappa shape index (κ2) is 9.39. The number of hydrogen-bond donors (Lipinski definition) is 1. The molecule has 3 aromatic rings. The fraction of sp³-hybridized carbons (Fsp3) is 0.458. The number of likely N-dealkylation sites (tertiary alicyclic amines) is 1. The molecule has 6 nitrogen and oxygen atoms in total. The van der Waals surface area contributed by atoms with Gasteiger partial charge < -0.3 is 10.2 Å². The summed E-state index contributed by atoms with van der Waals surface area (Å²) >= 11 is 0. The molecule has 0 radical (unpaired) electrons. The van der Waals surface area contributed by atoms with Crippen molar-refractivity contribution in [1.82, 2.24) is 25.0 Å². The highest BCUT2D eigenvalue weighted by atomic mass is 16.1. The first-order valence-electron chi connectivity index (χ1n) is 11.0. The summed E-state index contributed by atoms with van der Waals surface area (Å²) < 4.78 is 1.75. The standard InChI is InChI=1S/C24H31N5O/c1-18(11-16-29-13-7-3-4-8-14-29)25-24(30)20-17-23(22-12-15-28(2)27-22)26-21-10-6-5-9-19(20)21/h5-6,9-10,12,15,17-18H,3-4,7-8,11,13-14,16H2,1-2H3,(H,25,30)/t18-/m0/s1. The number of para-hydroxylation sites is 1. The number of benzene rings is 1. The Bertz CT molecular complexity index is 1000. The number of pyridine rings is 1. The zero-order valence-corrected chi connectivity index (χ0v) is 18.0. The number of carbonyl (C=O) groups is 1. The van der Waals surface area contributed by atoms with Gasteiger partial charge in [-0.25, -0.2) is 4.98 Å². The highest BCUT2D eigenvalue weighted by Crippen LogP contribution is 2.24. The van der Waals surface area contributed by atoms with E-state index in [2.05, 4.69) is 22.2 Å². The van der Waals surface area contributed by atoms with Gasteiger partial charge in [-0.1, -0.05) is 31.0 Å². The minimum atomic E-state index is -0.0471. The molecule has 30 heavy (non-hydrogen) atoms. The first-order valence-corrected chi connectivity index (χ1v) is 11.0. The average Bonchev–Trinajstić information content (AvgIpc) is 3.02. The van der Waals surface area contributed by atoms with Gasteiger partial charge in [0.25, 0.3) is 5.91 Å². The first-order chi connectivity index (χ1) is 14.6. The lowest BCUT2D eigenvalue weighted by Crippen LogP contribution is -2.36. The largest absolute Gasteiger partial charge is 0.350 e. The minimum absolute atomic E-state index is 0.0471. The summed E-state index contributed by atoms with van der Waals surface area (Å²) in [5, 5.41) is 8.53. The molecular weight excluding hydrogens is 374 g/mol. The number of amides is 1. The Balaban J connectivity index is 1.50. The molecule has 0 bridgehead atoms. The normalized spacial score (nSPS) is 16.3. The van der Waals surface area contributed by atoms with Crippen molar-refractivity contribution in [2.75, 3.05) is 19.6 Å². The van der Waals surface area contributed by atoms with Gasteiger partial charge in [0, 0.05) is 31.2 Å². The molecule has 0 aliphatic carbocycles. The van der Waals surface area contributed by atoms with E-state index < -0.39 is 0 Å². The van der Waals surface area contributed by atoms with E-state index in [0.717, 1.165) is 35.3 Å². The van der Waals surface area contributed by atoms with E-state index in [1.807, 2.05) is 49.6 Å². The van der Waals surface area contributed by atoms with Crippen LogP contribution in [-0.4, -0.2) is 51.2 Å². The monoisotopic (exact) mass is 405 g/mol. The number of hydrogen-bond acceptors (Lipinski definition) is 4. The number of nitrogens with one attached hydrogen (secondary N) is 1. The number of nitrogens with zero attached hydrogens (tertiary/aromatic N) is 4. The van der Waals surface area contributed by atoms with Crippen LogP contribution in [0.3, 0.4) is 0 Å². The van der Waals surface area contributed by atoms with Gasteiger partial charge >= 0.3 is 0 Å². The Morgan fingerprint density at radius 2 is 1.87 bits per heavy atom. The molecule has 1 atom stereocenters. The van der Waals surface area contributed by atoms with Crippen LogP contribution in [-0.2, 0) is 7.05 Å². The molecule has 158 valence electrons. The van der Waals surface area contributed by atoms with Crippen LogP contribution in [0, 0.1) is 0 Å². The fourth-order valence-electron chi connectivity index (χ4n) is 4.16. The van der Waals surface area contributed by atoms with Crippen molar-refractivity contribution in [3.63, 3.8) is 0 Å². The lowest BCUT2D eigenvalue weighted by Gasteiger charge is -2.22. The highest BCUT2D eigenvalue weighted by molar-refractivity contribution is 6.07. The van der Waals surface area contributed by atoms with E-state index in [0.29, 0.717) is 5.56 Å². The smallest absolute Gasteiger partial charge is 0.252 e. The van der Waals surface area contributed by atoms with Crippen LogP contribution in [0.25, 0.3) is 22.3 Å². The first kappa shape index (κ1) is 20.5. The maximum absolute atomic E-state index is 13.2. The summed E-state index contributed by atoms with van der Waals surface area (Å²) in [6, 6.07) is 11.7. The molecule has 1 aromatic carbocycles. The lowest BCUT2D eigenvalue weighted by atomic mass is 10.1. The molecule has 1 amide bonds. The van der Waals surface area contributed by atoms with Crippen molar-refractivity contribution in [3.05, 3.63) is 48.2 Å². The topological polar surface area (TPSA) is 63.1 Å². The third-order valence-corrected chi connectivity index (χ3v) is 5.89. The SMILES string of the molecule is C[C@@H](CCN1CCCCCC1)NC(=O)c1cc(-c2ccn(C)n2)nc2ccccc12. The predicted molar refractivity (Wildman–Crippen MR) is 120 cm³/mol. The van der Waals surface area contributed by atoms with Crippen molar-refractivity contribution < 1.29 is 4.79 Å². The maximum atomic E-state index is 13.2. The van der Waals surface area contributed by atoms with E-state index in [-0.39, 0.29) is 11.9 Å². The molecule has 0 unspecified atom stereocenters. The Morgan fingerprint density at radius 1 is 1.10 bits per heavy atom. The molecule has 1 N–H and O–H groups in total. The number of carbonyl (C=O) groups excluding carboxylic acids is 1.